The number of pyridine rings is 1. The Bertz CT molecular complexity index is 1100. The van der Waals surface area contributed by atoms with E-state index in [9.17, 15) is 9.59 Å². The molecule has 0 unspecified atom stereocenters. The lowest BCUT2D eigenvalue weighted by molar-refractivity contribution is -0.133. The van der Waals surface area contributed by atoms with Gasteiger partial charge in [0.2, 0.25) is 5.91 Å². The van der Waals surface area contributed by atoms with E-state index in [1.807, 2.05) is 39.0 Å². The second-order valence-electron chi connectivity index (χ2n) is 7.43. The Balaban J connectivity index is 1.61. The van der Waals surface area contributed by atoms with Gasteiger partial charge in [-0.3, -0.25) is 19.3 Å². The maximum atomic E-state index is 13.0. The van der Waals surface area contributed by atoms with Gasteiger partial charge in [-0.2, -0.15) is 5.10 Å². The van der Waals surface area contributed by atoms with Crippen LogP contribution in [-0.4, -0.2) is 42.1 Å². The Labute approximate surface area is 168 Å². The Morgan fingerprint density at radius 1 is 1.24 bits per heavy atom. The predicted octanol–water partition coefficient (Wildman–Crippen LogP) is 2.32. The monoisotopic (exact) mass is 392 g/mol. The summed E-state index contributed by atoms with van der Waals surface area (Å²) >= 11 is 0. The van der Waals surface area contributed by atoms with Crippen LogP contribution in [0.15, 0.2) is 35.3 Å². The van der Waals surface area contributed by atoms with E-state index in [1.165, 1.54) is 6.07 Å². The molecule has 4 rings (SSSR count). The van der Waals surface area contributed by atoms with Crippen LogP contribution >= 0.6 is 0 Å². The average Bonchev–Trinajstić information content (AvgIpc) is 3.30. The van der Waals surface area contributed by atoms with Gasteiger partial charge >= 0.3 is 0 Å². The summed E-state index contributed by atoms with van der Waals surface area (Å²) in [6.45, 7) is 6.74. The number of hydrogen-bond acceptors (Lipinski definition) is 5. The normalized spacial score (nSPS) is 16.4. The summed E-state index contributed by atoms with van der Waals surface area (Å²) in [7, 11) is 0. The summed E-state index contributed by atoms with van der Waals surface area (Å²) in [4.78, 5) is 38.8. The van der Waals surface area contributed by atoms with E-state index >= 15 is 0 Å². The third kappa shape index (κ3) is 3.70. The van der Waals surface area contributed by atoms with E-state index in [0.717, 1.165) is 29.8 Å². The van der Waals surface area contributed by atoms with Crippen LogP contribution in [0.4, 0.5) is 0 Å². The molecule has 1 amide bonds. The maximum absolute atomic E-state index is 13.0. The largest absolute Gasteiger partial charge is 0.331 e. The van der Waals surface area contributed by atoms with Gasteiger partial charge in [0.15, 0.2) is 0 Å². The molecule has 1 aliphatic rings. The number of aromatic amines is 1. The molecule has 3 aromatic rings. The number of nitrogens with zero attached hydrogens (tertiary/aromatic N) is 5. The number of amides is 1. The van der Waals surface area contributed by atoms with E-state index < -0.39 is 0 Å². The van der Waals surface area contributed by atoms with Crippen molar-refractivity contribution in [2.24, 2.45) is 0 Å². The summed E-state index contributed by atoms with van der Waals surface area (Å²) in [6, 6.07) is 6.67. The molecule has 1 saturated heterocycles. The van der Waals surface area contributed by atoms with Gasteiger partial charge in [-0.15, -0.1) is 0 Å². The van der Waals surface area contributed by atoms with Crippen LogP contribution in [0, 0.1) is 20.8 Å². The summed E-state index contributed by atoms with van der Waals surface area (Å²) in [6.07, 6.45) is 3.29. The van der Waals surface area contributed by atoms with Crippen LogP contribution in [-0.2, 0) is 11.3 Å². The summed E-state index contributed by atoms with van der Waals surface area (Å²) in [5.74, 6) is 0.484. The quantitative estimate of drug-likeness (QED) is 0.735. The molecular weight excluding hydrogens is 368 g/mol. The molecule has 0 saturated carbocycles. The molecular formula is C21H24N6O2. The predicted molar refractivity (Wildman–Crippen MR) is 108 cm³/mol. The molecule has 3 aromatic heterocycles. The molecule has 0 aromatic carbocycles. The van der Waals surface area contributed by atoms with Crippen molar-refractivity contribution >= 4 is 5.91 Å². The van der Waals surface area contributed by atoms with Crippen molar-refractivity contribution in [2.45, 2.75) is 46.2 Å². The van der Waals surface area contributed by atoms with Gasteiger partial charge in [0, 0.05) is 24.5 Å². The standard InChI is InChI=1S/C21H24N6O2/c1-13-14(2)25-27(15(13)3)12-20(29)26-10-6-8-18(26)21-23-17(11-19(28)24-21)16-7-4-5-9-22-16/h4-5,7,9,11,18H,6,8,10,12H2,1-3H3,(H,23,24,28)/t18-/m1/s1. The highest BCUT2D eigenvalue weighted by Crippen LogP contribution is 2.30. The number of rotatable bonds is 4. The Morgan fingerprint density at radius 2 is 2.07 bits per heavy atom. The van der Waals surface area contributed by atoms with Crippen molar-refractivity contribution in [3.8, 4) is 11.4 Å². The lowest BCUT2D eigenvalue weighted by Crippen LogP contribution is -2.35. The first-order chi connectivity index (χ1) is 13.9. The smallest absolute Gasteiger partial charge is 0.251 e. The zero-order valence-corrected chi connectivity index (χ0v) is 16.8. The molecule has 8 heteroatoms. The van der Waals surface area contributed by atoms with E-state index in [-0.39, 0.29) is 24.1 Å². The number of nitrogens with one attached hydrogen (secondary N) is 1. The number of H-pyrrole nitrogens is 1. The zero-order chi connectivity index (χ0) is 20.5. The molecule has 1 fully saturated rings. The molecule has 29 heavy (non-hydrogen) atoms. The number of hydrogen-bond donors (Lipinski definition) is 1. The number of aromatic nitrogens is 5. The Kier molecular flexibility index (Phi) is 5.00. The van der Waals surface area contributed by atoms with Crippen molar-refractivity contribution in [1.29, 1.82) is 0 Å². The summed E-state index contributed by atoms with van der Waals surface area (Å²) in [5.41, 5.74) is 3.93. The molecule has 1 aliphatic heterocycles. The minimum absolute atomic E-state index is 0.0241. The lowest BCUT2D eigenvalue weighted by Gasteiger charge is -2.24. The number of carbonyl (C=O) groups is 1. The first kappa shape index (κ1) is 19.0. The molecule has 150 valence electrons. The van der Waals surface area contributed by atoms with Crippen LogP contribution in [0.3, 0.4) is 0 Å². The van der Waals surface area contributed by atoms with E-state index in [0.29, 0.717) is 23.8 Å². The van der Waals surface area contributed by atoms with E-state index in [1.54, 1.807) is 15.8 Å². The number of carbonyl (C=O) groups excluding carboxylic acids is 1. The van der Waals surface area contributed by atoms with E-state index in [4.69, 9.17) is 0 Å². The first-order valence-corrected chi connectivity index (χ1v) is 9.77. The molecule has 0 aliphatic carbocycles. The topological polar surface area (TPSA) is 96.8 Å². The average molecular weight is 392 g/mol. The van der Waals surface area contributed by atoms with Gasteiger partial charge in [-0.05, 0) is 51.3 Å². The van der Waals surface area contributed by atoms with Crippen molar-refractivity contribution < 1.29 is 4.79 Å². The van der Waals surface area contributed by atoms with Crippen molar-refractivity contribution in [1.82, 2.24) is 29.6 Å². The minimum Gasteiger partial charge on any atom is -0.331 e. The SMILES string of the molecule is Cc1nn(CC(=O)N2CCC[C@@H]2c2nc(-c3ccccn3)cc(=O)[nH]2)c(C)c1C. The molecule has 1 atom stereocenters. The van der Waals surface area contributed by atoms with Crippen molar-refractivity contribution in [3.05, 3.63) is 63.6 Å². The van der Waals surface area contributed by atoms with Gasteiger partial charge in [-0.25, -0.2) is 4.98 Å². The summed E-state index contributed by atoms with van der Waals surface area (Å²) in [5, 5.41) is 4.47. The van der Waals surface area contributed by atoms with Crippen LogP contribution in [0.2, 0.25) is 0 Å². The fourth-order valence-electron chi connectivity index (χ4n) is 3.79. The summed E-state index contributed by atoms with van der Waals surface area (Å²) < 4.78 is 1.75. The van der Waals surface area contributed by atoms with Gasteiger partial charge < -0.3 is 9.88 Å². The molecule has 4 heterocycles. The Morgan fingerprint density at radius 3 is 2.76 bits per heavy atom. The number of likely N-dealkylation sites (tertiary alicyclic amines) is 1. The molecule has 0 bridgehead atoms. The van der Waals surface area contributed by atoms with Gasteiger partial charge in [0.25, 0.3) is 5.56 Å². The number of aryl methyl sites for hydroxylation is 1. The molecule has 8 nitrogen and oxygen atoms in total. The van der Waals surface area contributed by atoms with Crippen LogP contribution in [0.1, 0.15) is 41.7 Å². The molecule has 1 N–H and O–H groups in total. The third-order valence-corrected chi connectivity index (χ3v) is 5.60. The highest BCUT2D eigenvalue weighted by Gasteiger charge is 2.32. The van der Waals surface area contributed by atoms with Crippen LogP contribution in [0.5, 0.6) is 0 Å². The molecule has 0 spiro atoms. The first-order valence-electron chi connectivity index (χ1n) is 9.77. The van der Waals surface area contributed by atoms with Crippen molar-refractivity contribution in [3.63, 3.8) is 0 Å². The van der Waals surface area contributed by atoms with Gasteiger partial charge in [-0.1, -0.05) is 6.07 Å². The zero-order valence-electron chi connectivity index (χ0n) is 16.8. The maximum Gasteiger partial charge on any atom is 0.251 e. The lowest BCUT2D eigenvalue weighted by atomic mass is 10.2. The van der Waals surface area contributed by atoms with Crippen molar-refractivity contribution in [2.75, 3.05) is 6.54 Å². The fraction of sp³-hybridized carbons (Fsp3) is 0.381. The third-order valence-electron chi connectivity index (χ3n) is 5.60. The van der Waals surface area contributed by atoms with Gasteiger partial charge in [0.1, 0.15) is 12.4 Å². The highest BCUT2D eigenvalue weighted by atomic mass is 16.2. The second kappa shape index (κ2) is 7.62. The van der Waals surface area contributed by atoms with Crippen LogP contribution < -0.4 is 5.56 Å². The second-order valence-corrected chi connectivity index (χ2v) is 7.43. The highest BCUT2D eigenvalue weighted by molar-refractivity contribution is 5.76. The van der Waals surface area contributed by atoms with Crippen LogP contribution in [0.25, 0.3) is 11.4 Å². The molecule has 0 radical (unpaired) electrons. The fourth-order valence-corrected chi connectivity index (χ4v) is 3.79. The minimum atomic E-state index is -0.253. The van der Waals surface area contributed by atoms with E-state index in [2.05, 4.69) is 20.1 Å². The Hall–Kier alpha value is -3.29. The van der Waals surface area contributed by atoms with Gasteiger partial charge in [0.05, 0.1) is 23.1 Å².